The smallest absolute Gasteiger partial charge is 0.231 e. The molecule has 3 rings (SSSR count). The number of anilines is 1. The standard InChI is InChI=1S/C18H20FN5O/c1-18(2,3)15-11-16(22-21-15)20-17(25)10-13-8-9-24(23-13)14-6-4-12(19)5-7-14/h4-9,11H,10H2,1-3H3,(H2,20,21,22,25). The van der Waals surface area contributed by atoms with Gasteiger partial charge < -0.3 is 5.32 Å². The predicted molar refractivity (Wildman–Crippen MR) is 93.1 cm³/mol. The van der Waals surface area contributed by atoms with Crippen LogP contribution in [0.2, 0.25) is 0 Å². The normalized spacial score (nSPS) is 11.5. The van der Waals surface area contributed by atoms with E-state index < -0.39 is 0 Å². The fourth-order valence-electron chi connectivity index (χ4n) is 2.32. The van der Waals surface area contributed by atoms with Gasteiger partial charge in [-0.3, -0.25) is 9.89 Å². The summed E-state index contributed by atoms with van der Waals surface area (Å²) >= 11 is 0. The van der Waals surface area contributed by atoms with Crippen molar-refractivity contribution in [2.75, 3.05) is 5.32 Å². The van der Waals surface area contributed by atoms with Gasteiger partial charge in [-0.05, 0) is 30.3 Å². The first-order chi connectivity index (χ1) is 11.8. The van der Waals surface area contributed by atoms with Gasteiger partial charge >= 0.3 is 0 Å². The molecule has 0 unspecified atom stereocenters. The second-order valence-corrected chi connectivity index (χ2v) is 6.87. The fourth-order valence-corrected chi connectivity index (χ4v) is 2.32. The third kappa shape index (κ3) is 4.12. The molecule has 0 fully saturated rings. The summed E-state index contributed by atoms with van der Waals surface area (Å²) < 4.78 is 14.6. The molecule has 130 valence electrons. The molecular weight excluding hydrogens is 321 g/mol. The minimum atomic E-state index is -0.302. The molecule has 25 heavy (non-hydrogen) atoms. The van der Waals surface area contributed by atoms with Gasteiger partial charge in [-0.15, -0.1) is 0 Å². The van der Waals surface area contributed by atoms with Crippen LogP contribution in [0.1, 0.15) is 32.2 Å². The summed E-state index contributed by atoms with van der Waals surface area (Å²) in [6.45, 7) is 6.19. The van der Waals surface area contributed by atoms with Crippen molar-refractivity contribution in [3.8, 4) is 5.69 Å². The number of rotatable bonds is 4. The average molecular weight is 341 g/mol. The quantitative estimate of drug-likeness (QED) is 0.765. The van der Waals surface area contributed by atoms with Crippen LogP contribution < -0.4 is 5.32 Å². The van der Waals surface area contributed by atoms with E-state index in [9.17, 15) is 9.18 Å². The number of aromatic amines is 1. The minimum absolute atomic E-state index is 0.0656. The van der Waals surface area contributed by atoms with Crippen molar-refractivity contribution in [3.05, 3.63) is 59.8 Å². The Hall–Kier alpha value is -2.96. The van der Waals surface area contributed by atoms with E-state index in [0.717, 1.165) is 11.4 Å². The van der Waals surface area contributed by atoms with Crippen molar-refractivity contribution < 1.29 is 9.18 Å². The van der Waals surface area contributed by atoms with E-state index in [1.807, 2.05) is 6.07 Å². The Morgan fingerprint density at radius 2 is 1.96 bits per heavy atom. The van der Waals surface area contributed by atoms with E-state index in [1.54, 1.807) is 29.1 Å². The number of benzene rings is 1. The molecule has 0 spiro atoms. The Balaban J connectivity index is 1.64. The number of aromatic nitrogens is 4. The van der Waals surface area contributed by atoms with E-state index in [0.29, 0.717) is 11.5 Å². The predicted octanol–water partition coefficient (Wildman–Crippen LogP) is 3.21. The van der Waals surface area contributed by atoms with Crippen molar-refractivity contribution in [2.24, 2.45) is 0 Å². The molecule has 0 aliphatic carbocycles. The van der Waals surface area contributed by atoms with Gasteiger partial charge in [0.05, 0.1) is 17.8 Å². The highest BCUT2D eigenvalue weighted by atomic mass is 19.1. The van der Waals surface area contributed by atoms with Gasteiger partial charge in [0.1, 0.15) is 5.82 Å². The number of carbonyl (C=O) groups is 1. The molecule has 7 heteroatoms. The van der Waals surface area contributed by atoms with Crippen LogP contribution in [0.15, 0.2) is 42.6 Å². The van der Waals surface area contributed by atoms with Gasteiger partial charge in [0.2, 0.25) is 5.91 Å². The fraction of sp³-hybridized carbons (Fsp3) is 0.278. The summed E-state index contributed by atoms with van der Waals surface area (Å²) in [5, 5.41) is 14.1. The van der Waals surface area contributed by atoms with Crippen molar-refractivity contribution in [1.29, 1.82) is 0 Å². The highest BCUT2D eigenvalue weighted by Gasteiger charge is 2.17. The zero-order chi connectivity index (χ0) is 18.0. The Morgan fingerprint density at radius 3 is 2.60 bits per heavy atom. The number of amides is 1. The van der Waals surface area contributed by atoms with E-state index in [4.69, 9.17) is 0 Å². The Bertz CT molecular complexity index is 874. The first-order valence-electron chi connectivity index (χ1n) is 7.97. The molecule has 2 heterocycles. The Labute approximate surface area is 145 Å². The van der Waals surface area contributed by atoms with E-state index in [1.165, 1.54) is 12.1 Å². The monoisotopic (exact) mass is 341 g/mol. The van der Waals surface area contributed by atoms with E-state index >= 15 is 0 Å². The average Bonchev–Trinajstić information content (AvgIpc) is 3.17. The Kier molecular flexibility index (Phi) is 4.39. The van der Waals surface area contributed by atoms with E-state index in [2.05, 4.69) is 41.4 Å². The highest BCUT2D eigenvalue weighted by molar-refractivity contribution is 5.91. The number of carbonyl (C=O) groups excluding carboxylic acids is 1. The maximum absolute atomic E-state index is 13.0. The summed E-state index contributed by atoms with van der Waals surface area (Å²) in [7, 11) is 0. The van der Waals surface area contributed by atoms with E-state index in [-0.39, 0.29) is 23.6 Å². The summed E-state index contributed by atoms with van der Waals surface area (Å²) in [5.74, 6) is -0.00616. The lowest BCUT2D eigenvalue weighted by molar-refractivity contribution is -0.115. The van der Waals surface area contributed by atoms with Gasteiger partial charge in [0.25, 0.3) is 0 Å². The van der Waals surface area contributed by atoms with Crippen LogP contribution >= 0.6 is 0 Å². The SMILES string of the molecule is CC(C)(C)c1cc(NC(=O)Cc2ccn(-c3ccc(F)cc3)n2)n[nH]1. The van der Waals surface area contributed by atoms with Crippen LogP contribution in [-0.4, -0.2) is 25.9 Å². The second-order valence-electron chi connectivity index (χ2n) is 6.87. The summed E-state index contributed by atoms with van der Waals surface area (Å²) in [4.78, 5) is 12.2. The molecule has 2 aromatic heterocycles. The van der Waals surface area contributed by atoms with Gasteiger partial charge in [-0.25, -0.2) is 9.07 Å². The number of hydrogen-bond donors (Lipinski definition) is 2. The topological polar surface area (TPSA) is 75.6 Å². The van der Waals surface area contributed by atoms with Crippen molar-refractivity contribution in [3.63, 3.8) is 0 Å². The van der Waals surface area contributed by atoms with Gasteiger partial charge in [0.15, 0.2) is 5.82 Å². The largest absolute Gasteiger partial charge is 0.309 e. The van der Waals surface area contributed by atoms with Gasteiger partial charge in [-0.1, -0.05) is 20.8 Å². The lowest BCUT2D eigenvalue weighted by Crippen LogP contribution is -2.15. The second kappa shape index (κ2) is 6.51. The van der Waals surface area contributed by atoms with Crippen LogP contribution in [0.4, 0.5) is 10.2 Å². The van der Waals surface area contributed by atoms with Crippen LogP contribution in [0.3, 0.4) is 0 Å². The minimum Gasteiger partial charge on any atom is -0.309 e. The maximum Gasteiger partial charge on any atom is 0.231 e. The molecule has 1 amide bonds. The zero-order valence-corrected chi connectivity index (χ0v) is 14.4. The summed E-state index contributed by atoms with van der Waals surface area (Å²) in [5.41, 5.74) is 2.23. The molecule has 0 atom stereocenters. The van der Waals surface area contributed by atoms with Gasteiger partial charge in [0, 0.05) is 23.4 Å². The molecule has 6 nitrogen and oxygen atoms in total. The molecule has 0 radical (unpaired) electrons. The van der Waals surface area contributed by atoms with Crippen molar-refractivity contribution in [2.45, 2.75) is 32.6 Å². The van der Waals surface area contributed by atoms with Crippen LogP contribution in [0.5, 0.6) is 0 Å². The summed E-state index contributed by atoms with van der Waals surface area (Å²) in [6.07, 6.45) is 1.87. The van der Waals surface area contributed by atoms with Crippen LogP contribution in [-0.2, 0) is 16.6 Å². The molecule has 0 aliphatic rings. The Morgan fingerprint density at radius 1 is 1.24 bits per heavy atom. The molecular formula is C18H20FN5O. The maximum atomic E-state index is 13.0. The number of H-pyrrole nitrogens is 1. The lowest BCUT2D eigenvalue weighted by atomic mass is 9.92. The number of halogens is 1. The van der Waals surface area contributed by atoms with Gasteiger partial charge in [-0.2, -0.15) is 10.2 Å². The van der Waals surface area contributed by atoms with Crippen molar-refractivity contribution >= 4 is 11.7 Å². The summed E-state index contributed by atoms with van der Waals surface area (Å²) in [6, 6.07) is 9.58. The molecule has 0 bridgehead atoms. The number of nitrogens with zero attached hydrogens (tertiary/aromatic N) is 3. The molecule has 3 aromatic rings. The zero-order valence-electron chi connectivity index (χ0n) is 14.4. The third-order valence-corrected chi connectivity index (χ3v) is 3.73. The molecule has 0 saturated heterocycles. The molecule has 1 aromatic carbocycles. The number of nitrogens with one attached hydrogen (secondary N) is 2. The lowest BCUT2D eigenvalue weighted by Gasteiger charge is -2.14. The first kappa shape index (κ1) is 16.9. The van der Waals surface area contributed by atoms with Crippen LogP contribution in [0.25, 0.3) is 5.69 Å². The third-order valence-electron chi connectivity index (χ3n) is 3.73. The number of hydrogen-bond acceptors (Lipinski definition) is 3. The molecule has 0 saturated carbocycles. The van der Waals surface area contributed by atoms with Crippen molar-refractivity contribution in [1.82, 2.24) is 20.0 Å². The molecule has 0 aliphatic heterocycles. The van der Waals surface area contributed by atoms with Crippen LogP contribution in [0, 0.1) is 5.82 Å². The highest BCUT2D eigenvalue weighted by Crippen LogP contribution is 2.22. The first-order valence-corrected chi connectivity index (χ1v) is 7.97. The molecule has 2 N–H and O–H groups in total.